The van der Waals surface area contributed by atoms with E-state index in [-0.39, 0.29) is 18.1 Å². The number of halogens is 4. The second kappa shape index (κ2) is 21.9. The van der Waals surface area contributed by atoms with E-state index in [1.165, 1.54) is 0 Å². The molecule has 0 bridgehead atoms. The highest BCUT2D eigenvalue weighted by molar-refractivity contribution is 6.42. The molecule has 0 aliphatic rings. The molecule has 4 rings (SSSR count). The maximum absolute atomic E-state index is 11.7. The summed E-state index contributed by atoms with van der Waals surface area (Å²) < 4.78 is 31.6. The largest absolute Gasteiger partial charge is 0.494 e. The number of hydrogen-bond acceptors (Lipinski definition) is 10. The first kappa shape index (κ1) is 42.1. The third kappa shape index (κ3) is 13.6. The minimum atomic E-state index is -1.31. The van der Waals surface area contributed by atoms with Gasteiger partial charge in [-0.25, -0.2) is 9.59 Å². The first-order valence-electron chi connectivity index (χ1n) is 16.1. The Hall–Kier alpha value is -4.36. The van der Waals surface area contributed by atoms with Gasteiger partial charge in [0.25, 0.3) is 0 Å². The molecular formula is C36H36Cl4O12. The molecule has 0 saturated heterocycles. The summed E-state index contributed by atoms with van der Waals surface area (Å²) in [6, 6.07) is 10.4. The van der Waals surface area contributed by atoms with Gasteiger partial charge in [0, 0.05) is 23.8 Å². The highest BCUT2D eigenvalue weighted by atomic mass is 35.5. The summed E-state index contributed by atoms with van der Waals surface area (Å²) in [6.45, 7) is 3.65. The van der Waals surface area contributed by atoms with Crippen LogP contribution in [0.4, 0.5) is 0 Å². The van der Waals surface area contributed by atoms with Gasteiger partial charge in [-0.1, -0.05) is 59.7 Å². The molecule has 52 heavy (non-hydrogen) atoms. The van der Waals surface area contributed by atoms with Crippen LogP contribution in [-0.2, 0) is 6.42 Å². The van der Waals surface area contributed by atoms with Crippen LogP contribution in [0.2, 0.25) is 20.1 Å². The van der Waals surface area contributed by atoms with Crippen LogP contribution >= 0.6 is 46.4 Å². The van der Waals surface area contributed by atoms with Gasteiger partial charge in [-0.05, 0) is 62.8 Å². The third-order valence-corrected chi connectivity index (χ3v) is 8.51. The van der Waals surface area contributed by atoms with Gasteiger partial charge in [-0.3, -0.25) is 9.59 Å². The Balaban J connectivity index is 0.000000284. The second-order valence-electron chi connectivity index (χ2n) is 10.9. The summed E-state index contributed by atoms with van der Waals surface area (Å²) in [4.78, 5) is 44.7. The molecule has 0 unspecified atom stereocenters. The van der Waals surface area contributed by atoms with Crippen LogP contribution in [0.3, 0.4) is 0 Å². The molecule has 0 atom stereocenters. The first-order chi connectivity index (χ1) is 24.9. The Morgan fingerprint density at radius 1 is 0.615 bits per heavy atom. The van der Waals surface area contributed by atoms with Crippen LogP contribution in [0.25, 0.3) is 0 Å². The average Bonchev–Trinajstić information content (AvgIpc) is 3.11. The van der Waals surface area contributed by atoms with E-state index in [4.69, 9.17) is 84.4 Å². The number of carboxylic acids is 2. The smallest absolute Gasteiger partial charge is 0.371 e. The fraction of sp³-hybridized carbons (Fsp3) is 0.333. The SMILES string of the molecule is CCCc1c(OCCCCCOc2coc(C(=O)O)cc2=O)ccc(Cl)c1Cl.O=C(O)c1cc(=O)c(OCCCCOc2ccc(Cl)c(Cl)c2)co1. The van der Waals surface area contributed by atoms with Gasteiger partial charge in [-0.2, -0.15) is 0 Å². The zero-order chi connectivity index (χ0) is 38.0. The summed E-state index contributed by atoms with van der Waals surface area (Å²) in [5, 5.41) is 19.4. The van der Waals surface area contributed by atoms with Crippen molar-refractivity contribution in [1.29, 1.82) is 0 Å². The molecule has 0 fully saturated rings. The van der Waals surface area contributed by atoms with Gasteiger partial charge in [0.15, 0.2) is 0 Å². The highest BCUT2D eigenvalue weighted by Gasteiger charge is 2.13. The molecule has 2 aromatic carbocycles. The van der Waals surface area contributed by atoms with Crippen LogP contribution < -0.4 is 29.8 Å². The number of carboxylic acid groups (broad SMARTS) is 2. The van der Waals surface area contributed by atoms with E-state index >= 15 is 0 Å². The lowest BCUT2D eigenvalue weighted by atomic mass is 10.1. The van der Waals surface area contributed by atoms with Crippen molar-refractivity contribution in [2.45, 2.75) is 51.9 Å². The number of aromatic carboxylic acids is 2. The molecule has 0 spiro atoms. The molecule has 2 N–H and O–H groups in total. The van der Waals surface area contributed by atoms with Crippen molar-refractivity contribution in [1.82, 2.24) is 0 Å². The maximum atomic E-state index is 11.7. The summed E-state index contributed by atoms with van der Waals surface area (Å²) in [7, 11) is 0. The average molecular weight is 802 g/mol. The number of benzene rings is 2. The molecule has 2 aromatic heterocycles. The Morgan fingerprint density at radius 2 is 1.10 bits per heavy atom. The topological polar surface area (TPSA) is 172 Å². The van der Waals surface area contributed by atoms with Crippen LogP contribution in [0.1, 0.15) is 72.1 Å². The summed E-state index contributed by atoms with van der Waals surface area (Å²) in [5.41, 5.74) is -0.128. The Bertz CT molecular complexity index is 1910. The van der Waals surface area contributed by atoms with Crippen LogP contribution in [0.15, 0.2) is 73.4 Å². The van der Waals surface area contributed by atoms with Gasteiger partial charge >= 0.3 is 11.9 Å². The predicted molar refractivity (Wildman–Crippen MR) is 196 cm³/mol. The number of carbonyl (C=O) groups is 2. The van der Waals surface area contributed by atoms with Crippen LogP contribution in [0, 0.1) is 0 Å². The van der Waals surface area contributed by atoms with Crippen molar-refractivity contribution in [3.63, 3.8) is 0 Å². The molecule has 2 heterocycles. The second-order valence-corrected chi connectivity index (χ2v) is 12.5. The summed E-state index contributed by atoms with van der Waals surface area (Å²) in [6.07, 6.45) is 7.45. The van der Waals surface area contributed by atoms with Crippen molar-refractivity contribution in [2.24, 2.45) is 0 Å². The number of ether oxygens (including phenoxy) is 4. The lowest BCUT2D eigenvalue weighted by Crippen LogP contribution is -2.11. The highest BCUT2D eigenvalue weighted by Crippen LogP contribution is 2.34. The molecule has 0 aliphatic carbocycles. The van der Waals surface area contributed by atoms with Crippen molar-refractivity contribution in [3.05, 3.63) is 113 Å². The molecule has 0 amide bonds. The minimum absolute atomic E-state index is 0.00117. The fourth-order valence-corrected chi connectivity index (χ4v) is 5.03. The maximum Gasteiger partial charge on any atom is 0.371 e. The van der Waals surface area contributed by atoms with Gasteiger partial charge < -0.3 is 38.0 Å². The van der Waals surface area contributed by atoms with Crippen LogP contribution in [-0.4, -0.2) is 48.6 Å². The van der Waals surface area contributed by atoms with Crippen molar-refractivity contribution in [3.8, 4) is 23.0 Å². The fourth-order valence-electron chi connectivity index (χ4n) is 4.31. The standard InChI is InChI=1S/C20H22Cl2O6.C16H14Cl2O6/c1-2-6-13-16(8-7-14(21)19(13)22)26-9-4-3-5-10-27-18-12-28-17(20(24)25)11-15(18)23;17-11-4-3-10(7-12(11)18)22-5-1-2-6-23-15-9-24-14(16(20)21)8-13(15)19/h7-8,11-12H,2-6,9-10H2,1H3,(H,24,25);3-4,7-9H,1-2,5-6H2,(H,20,21). The van der Waals surface area contributed by atoms with E-state index in [1.807, 2.05) is 6.07 Å². The van der Waals surface area contributed by atoms with Gasteiger partial charge in [0.1, 0.15) is 24.0 Å². The van der Waals surface area contributed by atoms with E-state index in [9.17, 15) is 19.2 Å². The van der Waals surface area contributed by atoms with E-state index in [0.29, 0.717) is 64.9 Å². The zero-order valence-electron chi connectivity index (χ0n) is 28.0. The molecule has 0 saturated carbocycles. The molecule has 0 aliphatic heterocycles. The number of hydrogen-bond donors (Lipinski definition) is 2. The molecule has 0 radical (unpaired) electrons. The molecular weight excluding hydrogens is 766 g/mol. The van der Waals surface area contributed by atoms with E-state index in [1.54, 1.807) is 24.3 Å². The van der Waals surface area contributed by atoms with Gasteiger partial charge in [-0.15, -0.1) is 0 Å². The third-order valence-electron chi connectivity index (χ3n) is 6.93. The summed E-state index contributed by atoms with van der Waals surface area (Å²) >= 11 is 24.0. The number of unbranched alkanes of at least 4 members (excludes halogenated alkanes) is 3. The van der Waals surface area contributed by atoms with E-state index in [2.05, 4.69) is 6.92 Å². The quantitative estimate of drug-likeness (QED) is 0.0863. The van der Waals surface area contributed by atoms with Gasteiger partial charge in [0.05, 0.1) is 46.5 Å². The Morgan fingerprint density at radius 3 is 1.58 bits per heavy atom. The van der Waals surface area contributed by atoms with E-state index in [0.717, 1.165) is 61.7 Å². The van der Waals surface area contributed by atoms with Crippen LogP contribution in [0.5, 0.6) is 23.0 Å². The lowest BCUT2D eigenvalue weighted by Gasteiger charge is -2.13. The van der Waals surface area contributed by atoms with Crippen molar-refractivity contribution >= 4 is 58.3 Å². The molecule has 4 aromatic rings. The van der Waals surface area contributed by atoms with Crippen molar-refractivity contribution in [2.75, 3.05) is 26.4 Å². The Kier molecular flexibility index (Phi) is 17.7. The molecule has 16 heteroatoms. The van der Waals surface area contributed by atoms with Crippen molar-refractivity contribution < 1.29 is 47.6 Å². The minimum Gasteiger partial charge on any atom is -0.494 e. The molecule has 12 nitrogen and oxygen atoms in total. The number of rotatable bonds is 19. The predicted octanol–water partition coefficient (Wildman–Crippen LogP) is 9.11. The molecule has 280 valence electrons. The van der Waals surface area contributed by atoms with E-state index < -0.39 is 34.3 Å². The lowest BCUT2D eigenvalue weighted by molar-refractivity contribution is 0.0648. The monoisotopic (exact) mass is 800 g/mol. The zero-order valence-corrected chi connectivity index (χ0v) is 31.0. The summed E-state index contributed by atoms with van der Waals surface area (Å²) in [5.74, 6) is -2.10. The van der Waals surface area contributed by atoms with Gasteiger partial charge in [0.2, 0.25) is 33.9 Å². The first-order valence-corrected chi connectivity index (χ1v) is 17.6. The normalized spacial score (nSPS) is 10.6. The Labute approximate surface area is 318 Å².